The molecule has 1 aromatic heterocycles. The second-order valence-electron chi connectivity index (χ2n) is 8.16. The number of benzene rings is 2. The lowest BCUT2D eigenvalue weighted by atomic mass is 9.98. The first kappa shape index (κ1) is 19.2. The lowest BCUT2D eigenvalue weighted by Gasteiger charge is -2.26. The van der Waals surface area contributed by atoms with Gasteiger partial charge in [-0.05, 0) is 51.0 Å². The maximum Gasteiger partial charge on any atom is 0.251 e. The number of hydrogen-bond donors (Lipinski definition) is 1. The van der Waals surface area contributed by atoms with Gasteiger partial charge in [-0.2, -0.15) is 0 Å². The Labute approximate surface area is 172 Å². The lowest BCUT2D eigenvalue weighted by Crippen LogP contribution is -2.32. The number of carbonyl (C=O) groups excluding carboxylic acids is 1. The van der Waals surface area contributed by atoms with Crippen LogP contribution < -0.4 is 10.2 Å². The molecule has 2 aromatic carbocycles. The van der Waals surface area contributed by atoms with Crippen molar-refractivity contribution in [3.05, 3.63) is 71.2 Å². The lowest BCUT2D eigenvalue weighted by molar-refractivity contribution is 0.0929. The van der Waals surface area contributed by atoms with Crippen LogP contribution in [0.15, 0.2) is 48.8 Å². The molecular formula is C24H28N4O. The number of aryl methyl sites for hydroxylation is 3. The van der Waals surface area contributed by atoms with Crippen molar-refractivity contribution in [1.82, 2.24) is 14.9 Å². The van der Waals surface area contributed by atoms with Gasteiger partial charge in [-0.1, -0.05) is 29.3 Å². The van der Waals surface area contributed by atoms with Gasteiger partial charge in [-0.25, -0.2) is 4.98 Å². The summed E-state index contributed by atoms with van der Waals surface area (Å²) in [6.07, 6.45) is 3.85. The fraction of sp³-hybridized carbons (Fsp3) is 0.333. The van der Waals surface area contributed by atoms with E-state index in [4.69, 9.17) is 4.98 Å². The third kappa shape index (κ3) is 3.90. The molecule has 3 aromatic rings. The Balaban J connectivity index is 1.64. The predicted octanol–water partition coefficient (Wildman–Crippen LogP) is 4.50. The molecule has 0 bridgehead atoms. The Bertz CT molecular complexity index is 1010. The maximum atomic E-state index is 13.0. The predicted molar refractivity (Wildman–Crippen MR) is 117 cm³/mol. The summed E-state index contributed by atoms with van der Waals surface area (Å²) < 4.78 is 2.19. The molecule has 1 aliphatic heterocycles. The summed E-state index contributed by atoms with van der Waals surface area (Å²) in [5, 5.41) is 3.26. The number of amides is 1. The SMILES string of the molecule is Cc1cc(C)cc(C(=O)N[C@@H]2CCCn3cnc(-c4ccc(N(C)C)cc4)c32)c1. The molecule has 0 unspecified atom stereocenters. The zero-order valence-electron chi connectivity index (χ0n) is 17.6. The van der Waals surface area contributed by atoms with Crippen LogP contribution in [-0.2, 0) is 6.54 Å². The number of aromatic nitrogens is 2. The molecule has 29 heavy (non-hydrogen) atoms. The van der Waals surface area contributed by atoms with Crippen molar-refractivity contribution in [3.8, 4) is 11.3 Å². The largest absolute Gasteiger partial charge is 0.378 e. The zero-order valence-corrected chi connectivity index (χ0v) is 17.6. The van der Waals surface area contributed by atoms with Crippen molar-refractivity contribution < 1.29 is 4.79 Å². The van der Waals surface area contributed by atoms with Gasteiger partial charge in [0.25, 0.3) is 5.91 Å². The van der Waals surface area contributed by atoms with E-state index in [2.05, 4.69) is 45.1 Å². The quantitative estimate of drug-likeness (QED) is 0.716. The van der Waals surface area contributed by atoms with Gasteiger partial charge in [0, 0.05) is 37.5 Å². The van der Waals surface area contributed by atoms with Gasteiger partial charge in [-0.15, -0.1) is 0 Å². The van der Waals surface area contributed by atoms with Gasteiger partial charge in [0.05, 0.1) is 23.8 Å². The number of fused-ring (bicyclic) bond motifs is 1. The average Bonchev–Trinajstić information content (AvgIpc) is 3.12. The van der Waals surface area contributed by atoms with Crippen LogP contribution >= 0.6 is 0 Å². The molecule has 150 valence electrons. The summed E-state index contributed by atoms with van der Waals surface area (Å²) in [5.41, 5.74) is 7.22. The molecule has 1 atom stereocenters. The highest BCUT2D eigenvalue weighted by atomic mass is 16.1. The van der Waals surface area contributed by atoms with Crippen LogP contribution in [0.1, 0.15) is 46.1 Å². The van der Waals surface area contributed by atoms with Crippen LogP contribution in [0.25, 0.3) is 11.3 Å². The molecule has 0 spiro atoms. The number of anilines is 1. The zero-order chi connectivity index (χ0) is 20.5. The first-order chi connectivity index (χ1) is 13.9. The van der Waals surface area contributed by atoms with E-state index in [1.807, 2.05) is 46.4 Å². The van der Waals surface area contributed by atoms with Gasteiger partial charge in [0.15, 0.2) is 0 Å². The number of nitrogens with zero attached hydrogens (tertiary/aromatic N) is 3. The molecule has 4 rings (SSSR count). The molecule has 1 aliphatic rings. The van der Waals surface area contributed by atoms with Gasteiger partial charge >= 0.3 is 0 Å². The molecule has 0 radical (unpaired) electrons. The Morgan fingerprint density at radius 3 is 2.45 bits per heavy atom. The normalized spacial score (nSPS) is 15.7. The van der Waals surface area contributed by atoms with Crippen molar-refractivity contribution >= 4 is 11.6 Å². The van der Waals surface area contributed by atoms with Crippen molar-refractivity contribution in [2.24, 2.45) is 0 Å². The molecule has 5 nitrogen and oxygen atoms in total. The fourth-order valence-electron chi connectivity index (χ4n) is 4.17. The van der Waals surface area contributed by atoms with E-state index in [1.54, 1.807) is 0 Å². The Kier molecular flexibility index (Phi) is 5.14. The van der Waals surface area contributed by atoms with E-state index < -0.39 is 0 Å². The highest BCUT2D eigenvalue weighted by Crippen LogP contribution is 2.34. The van der Waals surface area contributed by atoms with E-state index in [-0.39, 0.29) is 11.9 Å². The smallest absolute Gasteiger partial charge is 0.251 e. The van der Waals surface area contributed by atoms with Gasteiger partial charge in [0.1, 0.15) is 0 Å². The molecule has 0 aliphatic carbocycles. The molecule has 0 fully saturated rings. The van der Waals surface area contributed by atoms with Crippen molar-refractivity contribution in [1.29, 1.82) is 0 Å². The van der Waals surface area contributed by atoms with Crippen molar-refractivity contribution in [2.75, 3.05) is 19.0 Å². The average molecular weight is 389 g/mol. The van der Waals surface area contributed by atoms with E-state index >= 15 is 0 Å². The Morgan fingerprint density at radius 2 is 1.79 bits per heavy atom. The van der Waals surface area contributed by atoms with Crippen LogP contribution in [0, 0.1) is 13.8 Å². The standard InChI is InChI=1S/C24H28N4O/c1-16-12-17(2)14-19(13-16)24(29)26-21-6-5-11-28-15-25-22(23(21)28)18-7-9-20(10-8-18)27(3)4/h7-10,12-15,21H,5-6,11H2,1-4H3,(H,26,29)/t21-/m1/s1. The first-order valence-electron chi connectivity index (χ1n) is 10.1. The number of hydrogen-bond acceptors (Lipinski definition) is 3. The minimum absolute atomic E-state index is 0.0228. The van der Waals surface area contributed by atoms with Crippen molar-refractivity contribution in [2.45, 2.75) is 39.3 Å². The molecule has 0 saturated heterocycles. The second kappa shape index (κ2) is 7.74. The molecule has 1 amide bonds. The van der Waals surface area contributed by atoms with Gasteiger partial charge < -0.3 is 14.8 Å². The Hall–Kier alpha value is -3.08. The van der Waals surface area contributed by atoms with Gasteiger partial charge in [-0.3, -0.25) is 4.79 Å². The minimum Gasteiger partial charge on any atom is -0.378 e. The fourth-order valence-corrected chi connectivity index (χ4v) is 4.17. The number of carbonyl (C=O) groups is 1. The topological polar surface area (TPSA) is 50.2 Å². The molecule has 5 heteroatoms. The number of imidazole rings is 1. The molecule has 0 saturated carbocycles. The van der Waals surface area contributed by atoms with Crippen LogP contribution in [0.5, 0.6) is 0 Å². The Morgan fingerprint density at radius 1 is 1.10 bits per heavy atom. The van der Waals surface area contributed by atoms with Crippen LogP contribution in [-0.4, -0.2) is 29.6 Å². The second-order valence-corrected chi connectivity index (χ2v) is 8.16. The first-order valence-corrected chi connectivity index (χ1v) is 10.1. The third-order valence-electron chi connectivity index (χ3n) is 5.55. The summed E-state index contributed by atoms with van der Waals surface area (Å²) in [5.74, 6) is -0.0228. The highest BCUT2D eigenvalue weighted by molar-refractivity contribution is 5.95. The monoisotopic (exact) mass is 388 g/mol. The molecular weight excluding hydrogens is 360 g/mol. The van der Waals surface area contributed by atoms with Crippen LogP contribution in [0.4, 0.5) is 5.69 Å². The summed E-state index contributed by atoms with van der Waals surface area (Å²) in [6, 6.07) is 14.4. The number of rotatable bonds is 4. The van der Waals surface area contributed by atoms with Crippen LogP contribution in [0.2, 0.25) is 0 Å². The molecule has 2 heterocycles. The van der Waals surface area contributed by atoms with E-state index in [1.165, 1.54) is 0 Å². The summed E-state index contributed by atoms with van der Waals surface area (Å²) >= 11 is 0. The van der Waals surface area contributed by atoms with Gasteiger partial charge in [0.2, 0.25) is 0 Å². The minimum atomic E-state index is -0.0388. The molecule has 1 N–H and O–H groups in total. The van der Waals surface area contributed by atoms with E-state index in [0.29, 0.717) is 0 Å². The highest BCUT2D eigenvalue weighted by Gasteiger charge is 2.27. The maximum absolute atomic E-state index is 13.0. The summed E-state index contributed by atoms with van der Waals surface area (Å²) in [4.78, 5) is 19.8. The number of nitrogens with one attached hydrogen (secondary N) is 1. The summed E-state index contributed by atoms with van der Waals surface area (Å²) in [7, 11) is 4.07. The summed E-state index contributed by atoms with van der Waals surface area (Å²) in [6.45, 7) is 4.98. The van der Waals surface area contributed by atoms with E-state index in [9.17, 15) is 4.79 Å². The van der Waals surface area contributed by atoms with Crippen molar-refractivity contribution in [3.63, 3.8) is 0 Å². The van der Waals surface area contributed by atoms with Crippen LogP contribution in [0.3, 0.4) is 0 Å². The third-order valence-corrected chi connectivity index (χ3v) is 5.55. The van der Waals surface area contributed by atoms with E-state index in [0.717, 1.165) is 58.7 Å².